The highest BCUT2D eigenvalue weighted by Gasteiger charge is 2.02. The van der Waals surface area contributed by atoms with E-state index in [1.807, 2.05) is 0 Å². The molecule has 0 aromatic carbocycles. The molecule has 0 bridgehead atoms. The van der Waals surface area contributed by atoms with E-state index in [2.05, 4.69) is 52.8 Å². The lowest BCUT2D eigenvalue weighted by atomic mass is 10.5. The fraction of sp³-hybridized carbons (Fsp3) is 0.500. The van der Waals surface area contributed by atoms with E-state index in [1.54, 1.807) is 0 Å². The minimum absolute atomic E-state index is 0.518. The molecule has 0 aliphatic rings. The Morgan fingerprint density at radius 3 is 1.08 bits per heavy atom. The first kappa shape index (κ1) is 10.1. The van der Waals surface area contributed by atoms with Gasteiger partial charge in [0.25, 0.3) is 0 Å². The molecule has 1 aromatic rings. The normalized spacial score (nSPS) is 10.2. The van der Waals surface area contributed by atoms with Crippen molar-refractivity contribution in [2.24, 2.45) is 0 Å². The molecule has 6 heteroatoms. The number of nitrogens with zero attached hydrogens (tertiary/aromatic N) is 3. The van der Waals surface area contributed by atoms with Crippen molar-refractivity contribution in [1.82, 2.24) is 15.0 Å². The number of aromatic nitrogens is 3. The molecule has 0 saturated heterocycles. The maximum atomic E-state index is 4.11. The quantitative estimate of drug-likeness (QED) is 0.668. The minimum atomic E-state index is 0.518. The summed E-state index contributed by atoms with van der Waals surface area (Å²) in [6, 6.07) is 0. The Balaban J connectivity index is 3.01. The molecule has 0 aliphatic carbocycles. The highest BCUT2D eigenvalue weighted by Crippen LogP contribution is 2.03. The van der Waals surface area contributed by atoms with Crippen molar-refractivity contribution in [2.75, 3.05) is 0 Å². The van der Waals surface area contributed by atoms with Crippen molar-refractivity contribution in [2.45, 2.75) is 17.3 Å². The Labute approximate surface area is 87.7 Å². The molecular formula is C6H9N3S3. The van der Waals surface area contributed by atoms with Crippen molar-refractivity contribution >= 4 is 37.9 Å². The molecule has 0 fully saturated rings. The molecule has 0 amide bonds. The Morgan fingerprint density at radius 1 is 0.667 bits per heavy atom. The Morgan fingerprint density at radius 2 is 0.917 bits per heavy atom. The van der Waals surface area contributed by atoms with Crippen LogP contribution in [0.15, 0.2) is 0 Å². The maximum Gasteiger partial charge on any atom is 0.142 e. The Bertz CT molecular complexity index is 211. The molecule has 0 saturated carbocycles. The molecule has 1 heterocycles. The van der Waals surface area contributed by atoms with Crippen molar-refractivity contribution in [3.05, 3.63) is 17.5 Å². The maximum absolute atomic E-state index is 4.11. The molecule has 0 radical (unpaired) electrons. The van der Waals surface area contributed by atoms with Gasteiger partial charge in [0.05, 0.1) is 17.3 Å². The second-order valence-electron chi connectivity index (χ2n) is 2.06. The van der Waals surface area contributed by atoms with Gasteiger partial charge in [-0.15, -0.1) is 0 Å². The summed E-state index contributed by atoms with van der Waals surface area (Å²) >= 11 is 12.2. The topological polar surface area (TPSA) is 38.7 Å². The monoisotopic (exact) mass is 219 g/mol. The molecule has 1 aromatic heterocycles. The summed E-state index contributed by atoms with van der Waals surface area (Å²) in [5.41, 5.74) is 0. The van der Waals surface area contributed by atoms with Crippen molar-refractivity contribution < 1.29 is 0 Å². The van der Waals surface area contributed by atoms with Crippen LogP contribution < -0.4 is 0 Å². The lowest BCUT2D eigenvalue weighted by Gasteiger charge is -2.01. The second kappa shape index (κ2) is 4.94. The number of hydrogen-bond acceptors (Lipinski definition) is 6. The molecule has 1 rings (SSSR count). The van der Waals surface area contributed by atoms with Gasteiger partial charge in [-0.1, -0.05) is 0 Å². The first-order chi connectivity index (χ1) is 5.80. The van der Waals surface area contributed by atoms with Gasteiger partial charge in [0, 0.05) is 0 Å². The van der Waals surface area contributed by atoms with E-state index in [1.165, 1.54) is 0 Å². The molecular weight excluding hydrogens is 210 g/mol. The molecule has 66 valence electrons. The van der Waals surface area contributed by atoms with Crippen molar-refractivity contribution in [3.63, 3.8) is 0 Å². The van der Waals surface area contributed by atoms with Gasteiger partial charge in [0.15, 0.2) is 0 Å². The van der Waals surface area contributed by atoms with E-state index in [4.69, 9.17) is 0 Å². The van der Waals surface area contributed by atoms with E-state index in [9.17, 15) is 0 Å². The van der Waals surface area contributed by atoms with E-state index in [0.29, 0.717) is 34.7 Å². The summed E-state index contributed by atoms with van der Waals surface area (Å²) in [7, 11) is 0. The van der Waals surface area contributed by atoms with Gasteiger partial charge in [-0.2, -0.15) is 37.9 Å². The van der Waals surface area contributed by atoms with Crippen LogP contribution in [0, 0.1) is 0 Å². The fourth-order valence-corrected chi connectivity index (χ4v) is 1.16. The van der Waals surface area contributed by atoms with E-state index in [0.717, 1.165) is 0 Å². The minimum Gasteiger partial charge on any atom is -0.216 e. The number of thiol groups is 3. The molecule has 0 unspecified atom stereocenters. The number of rotatable bonds is 3. The first-order valence-electron chi connectivity index (χ1n) is 3.35. The Hall–Kier alpha value is 0.0600. The summed E-state index contributed by atoms with van der Waals surface area (Å²) in [4.78, 5) is 12.3. The third-order valence-electron chi connectivity index (χ3n) is 1.20. The van der Waals surface area contributed by atoms with E-state index < -0.39 is 0 Å². The average Bonchev–Trinajstić information content (AvgIpc) is 2.16. The predicted octanol–water partition coefficient (Wildman–Crippen LogP) is 1.16. The summed E-state index contributed by atoms with van der Waals surface area (Å²) in [6.45, 7) is 0. The van der Waals surface area contributed by atoms with E-state index in [-0.39, 0.29) is 0 Å². The average molecular weight is 219 g/mol. The molecule has 12 heavy (non-hydrogen) atoms. The second-order valence-corrected chi connectivity index (χ2v) is 3.01. The predicted molar refractivity (Wildman–Crippen MR) is 57.9 cm³/mol. The van der Waals surface area contributed by atoms with Crippen LogP contribution in [0.5, 0.6) is 0 Å². The lowest BCUT2D eigenvalue weighted by molar-refractivity contribution is 0.857. The Kier molecular flexibility index (Phi) is 4.17. The van der Waals surface area contributed by atoms with Crippen LogP contribution in [0.4, 0.5) is 0 Å². The zero-order valence-corrected chi connectivity index (χ0v) is 8.99. The molecule has 0 aliphatic heterocycles. The van der Waals surface area contributed by atoms with Crippen LogP contribution in [-0.4, -0.2) is 15.0 Å². The van der Waals surface area contributed by atoms with Crippen LogP contribution in [0.3, 0.4) is 0 Å². The van der Waals surface area contributed by atoms with Gasteiger partial charge in [-0.25, -0.2) is 15.0 Å². The zero-order chi connectivity index (χ0) is 8.97. The van der Waals surface area contributed by atoms with Crippen molar-refractivity contribution in [3.8, 4) is 0 Å². The van der Waals surface area contributed by atoms with Gasteiger partial charge in [0.2, 0.25) is 0 Å². The van der Waals surface area contributed by atoms with Crippen LogP contribution in [0.25, 0.3) is 0 Å². The van der Waals surface area contributed by atoms with E-state index >= 15 is 0 Å². The van der Waals surface area contributed by atoms with Gasteiger partial charge in [-0.05, 0) is 0 Å². The molecule has 3 nitrogen and oxygen atoms in total. The van der Waals surface area contributed by atoms with Crippen LogP contribution in [0.1, 0.15) is 17.5 Å². The highest BCUT2D eigenvalue weighted by atomic mass is 32.1. The van der Waals surface area contributed by atoms with Gasteiger partial charge < -0.3 is 0 Å². The summed E-state index contributed by atoms with van der Waals surface area (Å²) in [6.07, 6.45) is 0. The highest BCUT2D eigenvalue weighted by molar-refractivity contribution is 7.79. The smallest absolute Gasteiger partial charge is 0.142 e. The van der Waals surface area contributed by atoms with Crippen molar-refractivity contribution in [1.29, 1.82) is 0 Å². The van der Waals surface area contributed by atoms with Gasteiger partial charge in [-0.3, -0.25) is 0 Å². The van der Waals surface area contributed by atoms with Crippen LogP contribution >= 0.6 is 37.9 Å². The fourth-order valence-electron chi connectivity index (χ4n) is 0.734. The van der Waals surface area contributed by atoms with Gasteiger partial charge >= 0.3 is 0 Å². The standard InChI is InChI=1S/C6H9N3S3/c10-1-4-7-5(2-11)9-6(3-12)8-4/h10-12H,1-3H2. The molecule has 0 atom stereocenters. The lowest BCUT2D eigenvalue weighted by Crippen LogP contribution is -2.04. The van der Waals surface area contributed by atoms with Crippen LogP contribution in [-0.2, 0) is 17.3 Å². The molecule has 0 spiro atoms. The largest absolute Gasteiger partial charge is 0.216 e. The zero-order valence-electron chi connectivity index (χ0n) is 6.30. The number of hydrogen-bond donors (Lipinski definition) is 3. The van der Waals surface area contributed by atoms with Gasteiger partial charge in [0.1, 0.15) is 17.5 Å². The summed E-state index contributed by atoms with van der Waals surface area (Å²) in [5, 5.41) is 0. The third kappa shape index (κ3) is 2.53. The third-order valence-corrected chi connectivity index (χ3v) is 2.05. The van der Waals surface area contributed by atoms with Crippen LogP contribution in [0.2, 0.25) is 0 Å². The summed E-state index contributed by atoms with van der Waals surface area (Å²) < 4.78 is 0. The molecule has 0 N–H and O–H groups in total. The first-order valence-corrected chi connectivity index (χ1v) is 5.25. The SMILES string of the molecule is SCc1nc(CS)nc(CS)n1. The summed E-state index contributed by atoms with van der Waals surface area (Å²) in [5.74, 6) is 3.60.